The molecule has 0 radical (unpaired) electrons. The second kappa shape index (κ2) is 6.65. The van der Waals surface area contributed by atoms with Gasteiger partial charge in [-0.05, 0) is 48.9 Å². The van der Waals surface area contributed by atoms with Crippen LogP contribution in [0.5, 0.6) is 17.2 Å². The van der Waals surface area contributed by atoms with Crippen LogP contribution in [-0.4, -0.2) is 24.7 Å². The molecule has 0 aliphatic rings. The van der Waals surface area contributed by atoms with Gasteiger partial charge in [0.05, 0.1) is 7.11 Å². The van der Waals surface area contributed by atoms with Gasteiger partial charge in [0.1, 0.15) is 17.2 Å². The van der Waals surface area contributed by atoms with Crippen molar-refractivity contribution in [3.8, 4) is 17.2 Å². The van der Waals surface area contributed by atoms with Gasteiger partial charge in [-0.15, -0.1) is 0 Å². The van der Waals surface area contributed by atoms with Crippen LogP contribution < -0.4 is 14.8 Å². The fraction of sp³-hybridized carbons (Fsp3) is 0.188. The summed E-state index contributed by atoms with van der Waals surface area (Å²) in [5.41, 5.74) is 1.53. The normalized spacial score (nSPS) is 10.0. The fourth-order valence-electron chi connectivity index (χ4n) is 1.83. The Hall–Kier alpha value is -2.69. The Balaban J connectivity index is 1.89. The van der Waals surface area contributed by atoms with E-state index in [0.29, 0.717) is 11.4 Å². The van der Waals surface area contributed by atoms with E-state index in [2.05, 4.69) is 5.32 Å². The maximum Gasteiger partial charge on any atom is 0.262 e. The van der Waals surface area contributed by atoms with Gasteiger partial charge in [0.15, 0.2) is 6.61 Å². The lowest BCUT2D eigenvalue weighted by Crippen LogP contribution is -2.20. The zero-order valence-electron chi connectivity index (χ0n) is 11.9. The number of aromatic hydroxyl groups is 1. The summed E-state index contributed by atoms with van der Waals surface area (Å²) in [5.74, 6) is 1.01. The summed E-state index contributed by atoms with van der Waals surface area (Å²) >= 11 is 0. The van der Waals surface area contributed by atoms with Crippen LogP contribution in [0.15, 0.2) is 42.5 Å². The Bertz CT molecular complexity index is 602. The molecule has 0 fully saturated rings. The highest BCUT2D eigenvalue weighted by atomic mass is 16.5. The molecule has 0 unspecified atom stereocenters. The van der Waals surface area contributed by atoms with Crippen LogP contribution in [0, 0.1) is 6.92 Å². The number of amides is 1. The van der Waals surface area contributed by atoms with E-state index in [1.807, 2.05) is 6.92 Å². The molecule has 2 aromatic carbocycles. The molecule has 0 atom stereocenters. The Labute approximate surface area is 123 Å². The number of nitrogens with one attached hydrogen (secondary N) is 1. The highest BCUT2D eigenvalue weighted by Crippen LogP contribution is 2.21. The molecule has 5 heteroatoms. The molecule has 2 N–H and O–H groups in total. The largest absolute Gasteiger partial charge is 0.508 e. The zero-order valence-corrected chi connectivity index (χ0v) is 11.9. The molecule has 21 heavy (non-hydrogen) atoms. The van der Waals surface area contributed by atoms with Gasteiger partial charge < -0.3 is 19.9 Å². The van der Waals surface area contributed by atoms with Crippen molar-refractivity contribution in [2.45, 2.75) is 6.92 Å². The van der Waals surface area contributed by atoms with Gasteiger partial charge in [-0.2, -0.15) is 0 Å². The first kappa shape index (κ1) is 14.7. The molecule has 2 rings (SSSR count). The van der Waals surface area contributed by atoms with Gasteiger partial charge in [0.2, 0.25) is 0 Å². The first-order valence-corrected chi connectivity index (χ1v) is 6.44. The van der Waals surface area contributed by atoms with Gasteiger partial charge >= 0.3 is 0 Å². The molecule has 110 valence electrons. The molecular formula is C16H17NO4. The SMILES string of the molecule is COc1ccc(NC(=O)COc2cc(C)cc(O)c2)cc1. The van der Waals surface area contributed by atoms with Crippen LogP contribution in [0.4, 0.5) is 5.69 Å². The van der Waals surface area contributed by atoms with E-state index < -0.39 is 0 Å². The number of aryl methyl sites for hydroxylation is 1. The number of phenols is 1. The van der Waals surface area contributed by atoms with Crippen LogP contribution >= 0.6 is 0 Å². The van der Waals surface area contributed by atoms with Crippen LogP contribution in [0.2, 0.25) is 0 Å². The van der Waals surface area contributed by atoms with Gasteiger partial charge in [0.25, 0.3) is 5.91 Å². The maximum atomic E-state index is 11.8. The number of methoxy groups -OCH3 is 1. The second-order valence-electron chi connectivity index (χ2n) is 4.57. The number of ether oxygens (including phenoxy) is 2. The van der Waals surface area contributed by atoms with Crippen molar-refractivity contribution in [1.82, 2.24) is 0 Å². The lowest BCUT2D eigenvalue weighted by Gasteiger charge is -2.09. The molecular weight excluding hydrogens is 270 g/mol. The number of hydrogen-bond donors (Lipinski definition) is 2. The first-order chi connectivity index (χ1) is 10.1. The molecule has 1 amide bonds. The third kappa shape index (κ3) is 4.42. The van der Waals surface area contributed by atoms with Gasteiger partial charge in [-0.3, -0.25) is 4.79 Å². The smallest absolute Gasteiger partial charge is 0.262 e. The predicted octanol–water partition coefficient (Wildman–Crippen LogP) is 2.73. The summed E-state index contributed by atoms with van der Waals surface area (Å²) in [6.45, 7) is 1.71. The summed E-state index contributed by atoms with van der Waals surface area (Å²) in [6.07, 6.45) is 0. The quantitative estimate of drug-likeness (QED) is 0.887. The standard InChI is InChI=1S/C16H17NO4/c1-11-7-13(18)9-15(8-11)21-10-16(19)17-12-3-5-14(20-2)6-4-12/h3-9,18H,10H2,1-2H3,(H,17,19). The Kier molecular flexibility index (Phi) is 4.66. The monoisotopic (exact) mass is 287 g/mol. The van der Waals surface area contributed by atoms with Crippen LogP contribution in [0.1, 0.15) is 5.56 Å². The molecule has 0 aliphatic carbocycles. The summed E-state index contributed by atoms with van der Waals surface area (Å²) in [6, 6.07) is 11.8. The van der Waals surface area contributed by atoms with E-state index in [1.54, 1.807) is 43.5 Å². The number of carbonyl (C=O) groups is 1. The highest BCUT2D eigenvalue weighted by molar-refractivity contribution is 5.91. The number of hydrogen-bond acceptors (Lipinski definition) is 4. The molecule has 0 heterocycles. The molecule has 0 saturated carbocycles. The molecule has 0 spiro atoms. The lowest BCUT2D eigenvalue weighted by molar-refractivity contribution is -0.118. The third-order valence-electron chi connectivity index (χ3n) is 2.78. The minimum Gasteiger partial charge on any atom is -0.508 e. The predicted molar refractivity (Wildman–Crippen MR) is 80.0 cm³/mol. The van der Waals surface area contributed by atoms with E-state index in [-0.39, 0.29) is 18.3 Å². The highest BCUT2D eigenvalue weighted by Gasteiger charge is 2.05. The number of benzene rings is 2. The van der Waals surface area contributed by atoms with E-state index in [0.717, 1.165) is 11.3 Å². The van der Waals surface area contributed by atoms with Gasteiger partial charge in [-0.25, -0.2) is 0 Å². The summed E-state index contributed by atoms with van der Waals surface area (Å²) in [7, 11) is 1.58. The molecule has 0 bridgehead atoms. The molecule has 2 aromatic rings. The van der Waals surface area contributed by atoms with Crippen molar-refractivity contribution >= 4 is 11.6 Å². The lowest BCUT2D eigenvalue weighted by atomic mass is 10.2. The molecule has 0 aliphatic heterocycles. The Morgan fingerprint density at radius 3 is 2.48 bits per heavy atom. The summed E-state index contributed by atoms with van der Waals surface area (Å²) < 4.78 is 10.4. The van der Waals surface area contributed by atoms with Crippen LogP contribution in [0.25, 0.3) is 0 Å². The number of carbonyl (C=O) groups excluding carboxylic acids is 1. The molecule has 0 aromatic heterocycles. The van der Waals surface area contributed by atoms with E-state index in [4.69, 9.17) is 9.47 Å². The minimum atomic E-state index is -0.277. The van der Waals surface area contributed by atoms with Crippen molar-refractivity contribution in [3.05, 3.63) is 48.0 Å². The average Bonchev–Trinajstić information content (AvgIpc) is 2.45. The van der Waals surface area contributed by atoms with E-state index in [9.17, 15) is 9.90 Å². The summed E-state index contributed by atoms with van der Waals surface area (Å²) in [4.78, 5) is 11.8. The third-order valence-corrected chi connectivity index (χ3v) is 2.78. The van der Waals surface area contributed by atoms with E-state index in [1.165, 1.54) is 6.07 Å². The topological polar surface area (TPSA) is 67.8 Å². The van der Waals surface area contributed by atoms with Crippen LogP contribution in [-0.2, 0) is 4.79 Å². The van der Waals surface area contributed by atoms with E-state index >= 15 is 0 Å². The molecule has 5 nitrogen and oxygen atoms in total. The maximum absolute atomic E-state index is 11.8. The second-order valence-corrected chi connectivity index (χ2v) is 4.57. The van der Waals surface area contributed by atoms with Gasteiger partial charge in [0, 0.05) is 11.8 Å². The number of anilines is 1. The average molecular weight is 287 g/mol. The van der Waals surface area contributed by atoms with Crippen molar-refractivity contribution < 1.29 is 19.4 Å². The molecule has 0 saturated heterocycles. The van der Waals surface area contributed by atoms with Crippen molar-refractivity contribution in [3.63, 3.8) is 0 Å². The fourth-order valence-corrected chi connectivity index (χ4v) is 1.83. The number of phenolic OH excluding ortho intramolecular Hbond substituents is 1. The van der Waals surface area contributed by atoms with Crippen molar-refractivity contribution in [2.24, 2.45) is 0 Å². The van der Waals surface area contributed by atoms with Gasteiger partial charge in [-0.1, -0.05) is 0 Å². The minimum absolute atomic E-state index is 0.112. The Morgan fingerprint density at radius 1 is 1.14 bits per heavy atom. The van der Waals surface area contributed by atoms with Crippen LogP contribution in [0.3, 0.4) is 0 Å². The first-order valence-electron chi connectivity index (χ1n) is 6.44. The van der Waals surface area contributed by atoms with Crippen molar-refractivity contribution in [1.29, 1.82) is 0 Å². The number of rotatable bonds is 5. The Morgan fingerprint density at radius 2 is 1.86 bits per heavy atom. The zero-order chi connectivity index (χ0) is 15.2. The van der Waals surface area contributed by atoms with Crippen molar-refractivity contribution in [2.75, 3.05) is 19.0 Å². The summed E-state index contributed by atoms with van der Waals surface area (Å²) in [5, 5.41) is 12.2.